The number of carboxylic acid groups (broad SMARTS) is 1. The molecular weight excluding hydrogens is 316 g/mol. The molecule has 1 fully saturated rings. The van der Waals surface area contributed by atoms with E-state index in [0.29, 0.717) is 17.4 Å². The maximum absolute atomic E-state index is 11.2. The maximum Gasteiger partial charge on any atom is 0.405 e. The lowest BCUT2D eigenvalue weighted by molar-refractivity contribution is 0.173. The van der Waals surface area contributed by atoms with Crippen molar-refractivity contribution in [1.29, 1.82) is 0 Å². The molecular formula is C16H21ClN4O2. The van der Waals surface area contributed by atoms with Crippen molar-refractivity contribution in [2.24, 2.45) is 11.8 Å². The molecule has 7 heteroatoms. The molecule has 3 rings (SSSR count). The molecule has 1 aliphatic rings. The first-order chi connectivity index (χ1) is 11.1. The van der Waals surface area contributed by atoms with E-state index in [-0.39, 0.29) is 12.0 Å². The van der Waals surface area contributed by atoms with Crippen molar-refractivity contribution < 1.29 is 9.90 Å². The van der Waals surface area contributed by atoms with E-state index >= 15 is 0 Å². The van der Waals surface area contributed by atoms with Crippen molar-refractivity contribution in [3.8, 4) is 0 Å². The van der Waals surface area contributed by atoms with Crippen LogP contribution in [-0.4, -0.2) is 25.8 Å². The Morgan fingerprint density at radius 1 is 1.43 bits per heavy atom. The van der Waals surface area contributed by atoms with Gasteiger partial charge < -0.3 is 10.4 Å². The van der Waals surface area contributed by atoms with Crippen LogP contribution in [0.1, 0.15) is 50.0 Å². The average Bonchev–Trinajstić information content (AvgIpc) is 2.96. The molecule has 2 N–H and O–H groups in total. The van der Waals surface area contributed by atoms with Crippen LogP contribution < -0.4 is 5.32 Å². The molecule has 1 atom stereocenters. The molecule has 0 aromatic carbocycles. The summed E-state index contributed by atoms with van der Waals surface area (Å²) in [6, 6.07) is 3.40. The lowest BCUT2D eigenvalue weighted by Gasteiger charge is -2.31. The third kappa shape index (κ3) is 3.58. The number of halogens is 1. The number of imidazole rings is 1. The van der Waals surface area contributed by atoms with Crippen LogP contribution in [0.5, 0.6) is 0 Å². The van der Waals surface area contributed by atoms with Crippen LogP contribution in [0.25, 0.3) is 5.65 Å². The van der Waals surface area contributed by atoms with E-state index in [9.17, 15) is 9.90 Å². The van der Waals surface area contributed by atoms with E-state index < -0.39 is 6.09 Å². The molecule has 2 aromatic heterocycles. The molecule has 1 aliphatic carbocycles. The number of fused-ring (bicyclic) bond motifs is 1. The zero-order valence-corrected chi connectivity index (χ0v) is 13.8. The summed E-state index contributed by atoms with van der Waals surface area (Å²) in [4.78, 5) is 15.8. The highest BCUT2D eigenvalue weighted by molar-refractivity contribution is 6.16. The van der Waals surface area contributed by atoms with E-state index in [1.165, 1.54) is 0 Å². The second kappa shape index (κ2) is 6.74. The van der Waals surface area contributed by atoms with E-state index in [4.69, 9.17) is 11.6 Å². The number of rotatable bonds is 4. The predicted molar refractivity (Wildman–Crippen MR) is 87.6 cm³/mol. The molecule has 1 amide bonds. The minimum Gasteiger partial charge on any atom is -0.465 e. The summed E-state index contributed by atoms with van der Waals surface area (Å²) in [6.07, 6.45) is 5.08. The molecule has 0 radical (unpaired) electrons. The molecule has 0 saturated heterocycles. The maximum atomic E-state index is 11.2. The van der Waals surface area contributed by atoms with Gasteiger partial charge in [-0.1, -0.05) is 19.8 Å². The van der Waals surface area contributed by atoms with Gasteiger partial charge in [0, 0.05) is 0 Å². The Morgan fingerprint density at radius 2 is 2.17 bits per heavy atom. The Morgan fingerprint density at radius 3 is 2.83 bits per heavy atom. The molecule has 0 aliphatic heterocycles. The first kappa shape index (κ1) is 16.1. The van der Waals surface area contributed by atoms with Crippen LogP contribution in [-0.2, 0) is 5.88 Å². The molecule has 1 saturated carbocycles. The van der Waals surface area contributed by atoms with Crippen molar-refractivity contribution >= 4 is 23.3 Å². The summed E-state index contributed by atoms with van der Waals surface area (Å²) in [6.45, 7) is 2.25. The van der Waals surface area contributed by atoms with Crippen molar-refractivity contribution in [2.75, 3.05) is 0 Å². The molecule has 124 valence electrons. The standard InChI is InChI=1S/C16H21ClN4O2/c1-10-2-4-11(5-3-10)15(19-16(22)23)13-9-21-14(18-13)7-6-12(8-17)20-21/h6-7,9-11,15,19H,2-5,8H2,1H3,(H,22,23)/t10?,11?,15-/m0/s1. The number of aromatic nitrogens is 3. The minimum atomic E-state index is -1.01. The fourth-order valence-electron chi connectivity index (χ4n) is 3.35. The Bertz CT molecular complexity index is 694. The third-order valence-electron chi connectivity index (χ3n) is 4.66. The lowest BCUT2D eigenvalue weighted by atomic mass is 9.78. The van der Waals surface area contributed by atoms with Gasteiger partial charge in [0.05, 0.1) is 29.5 Å². The second-order valence-electron chi connectivity index (χ2n) is 6.37. The smallest absolute Gasteiger partial charge is 0.405 e. The molecule has 23 heavy (non-hydrogen) atoms. The van der Waals surface area contributed by atoms with Gasteiger partial charge in [0.25, 0.3) is 0 Å². The second-order valence-corrected chi connectivity index (χ2v) is 6.64. The van der Waals surface area contributed by atoms with Crippen LogP contribution >= 0.6 is 11.6 Å². The van der Waals surface area contributed by atoms with E-state index in [1.54, 1.807) is 4.52 Å². The summed E-state index contributed by atoms with van der Waals surface area (Å²) in [7, 11) is 0. The van der Waals surface area contributed by atoms with Gasteiger partial charge >= 0.3 is 6.09 Å². The van der Waals surface area contributed by atoms with Crippen LogP contribution in [0, 0.1) is 11.8 Å². The number of alkyl halides is 1. The SMILES string of the molecule is CC1CCC([C@H](NC(=O)O)c2cn3nc(CCl)ccc3n2)CC1. The van der Waals surface area contributed by atoms with Crippen molar-refractivity contribution in [3.05, 3.63) is 29.7 Å². The Labute approximate surface area is 139 Å². The minimum absolute atomic E-state index is 0.278. The molecule has 6 nitrogen and oxygen atoms in total. The Kier molecular flexibility index (Phi) is 4.71. The third-order valence-corrected chi connectivity index (χ3v) is 4.93. The van der Waals surface area contributed by atoms with E-state index in [1.807, 2.05) is 18.3 Å². The number of nitrogens with one attached hydrogen (secondary N) is 1. The van der Waals surface area contributed by atoms with Crippen LogP contribution in [0.3, 0.4) is 0 Å². The largest absolute Gasteiger partial charge is 0.465 e. The molecule has 0 unspecified atom stereocenters. The highest BCUT2D eigenvalue weighted by Crippen LogP contribution is 2.36. The van der Waals surface area contributed by atoms with Gasteiger partial charge in [-0.3, -0.25) is 0 Å². The van der Waals surface area contributed by atoms with Crippen LogP contribution in [0.15, 0.2) is 18.3 Å². The van der Waals surface area contributed by atoms with Gasteiger partial charge in [0.15, 0.2) is 5.65 Å². The molecule has 2 aromatic rings. The van der Waals surface area contributed by atoms with Gasteiger partial charge in [-0.25, -0.2) is 14.3 Å². The summed E-state index contributed by atoms with van der Waals surface area (Å²) in [5.74, 6) is 1.33. The van der Waals surface area contributed by atoms with Crippen LogP contribution in [0.2, 0.25) is 0 Å². The summed E-state index contributed by atoms with van der Waals surface area (Å²) >= 11 is 5.81. The molecule has 0 bridgehead atoms. The quantitative estimate of drug-likeness (QED) is 0.836. The topological polar surface area (TPSA) is 79.5 Å². The Hall–Kier alpha value is -1.82. The number of carbonyl (C=O) groups is 1. The normalized spacial score (nSPS) is 22.9. The lowest BCUT2D eigenvalue weighted by Crippen LogP contribution is -2.34. The summed E-state index contributed by atoms with van der Waals surface area (Å²) < 4.78 is 1.68. The van der Waals surface area contributed by atoms with Crippen molar-refractivity contribution in [2.45, 2.75) is 44.5 Å². The zero-order chi connectivity index (χ0) is 16.4. The van der Waals surface area contributed by atoms with Gasteiger partial charge in [0.1, 0.15) is 0 Å². The fraction of sp³-hybridized carbons (Fsp3) is 0.562. The number of hydrogen-bond donors (Lipinski definition) is 2. The van der Waals surface area contributed by atoms with E-state index in [2.05, 4.69) is 22.3 Å². The van der Waals surface area contributed by atoms with Crippen LogP contribution in [0.4, 0.5) is 4.79 Å². The van der Waals surface area contributed by atoms with E-state index in [0.717, 1.165) is 37.1 Å². The van der Waals surface area contributed by atoms with Gasteiger partial charge in [-0.05, 0) is 36.8 Å². The monoisotopic (exact) mass is 336 g/mol. The first-order valence-corrected chi connectivity index (χ1v) is 8.51. The summed E-state index contributed by atoms with van der Waals surface area (Å²) in [5.41, 5.74) is 2.19. The van der Waals surface area contributed by atoms with Gasteiger partial charge in [0.2, 0.25) is 0 Å². The number of hydrogen-bond acceptors (Lipinski definition) is 3. The van der Waals surface area contributed by atoms with Gasteiger partial charge in [-0.2, -0.15) is 5.10 Å². The number of amides is 1. The van der Waals surface area contributed by atoms with Crippen molar-refractivity contribution in [3.63, 3.8) is 0 Å². The zero-order valence-electron chi connectivity index (χ0n) is 13.1. The van der Waals surface area contributed by atoms with Crippen molar-refractivity contribution in [1.82, 2.24) is 19.9 Å². The molecule has 0 spiro atoms. The fourth-order valence-corrected chi connectivity index (χ4v) is 3.49. The number of nitrogens with zero attached hydrogens (tertiary/aromatic N) is 3. The predicted octanol–water partition coefficient (Wildman–Crippen LogP) is 3.60. The Balaban J connectivity index is 1.90. The average molecular weight is 337 g/mol. The highest BCUT2D eigenvalue weighted by Gasteiger charge is 2.30. The first-order valence-electron chi connectivity index (χ1n) is 7.97. The highest BCUT2D eigenvalue weighted by atomic mass is 35.5. The summed E-state index contributed by atoms with van der Waals surface area (Å²) in [5, 5.41) is 16.2. The molecule has 2 heterocycles. The van der Waals surface area contributed by atoms with Gasteiger partial charge in [-0.15, -0.1) is 11.6 Å².